The fourth-order valence-electron chi connectivity index (χ4n) is 2.09. The van der Waals surface area contributed by atoms with Gasteiger partial charge in [0.05, 0.1) is 6.42 Å². The maximum absolute atomic E-state index is 11.9. The smallest absolute Gasteiger partial charge is 0.319 e. The summed E-state index contributed by atoms with van der Waals surface area (Å²) in [4.78, 5) is 22.5. The molecule has 1 rings (SSSR count). The van der Waals surface area contributed by atoms with Crippen LogP contribution in [0.5, 0.6) is 0 Å². The van der Waals surface area contributed by atoms with E-state index >= 15 is 0 Å². The van der Waals surface area contributed by atoms with E-state index in [0.29, 0.717) is 0 Å². The lowest BCUT2D eigenvalue weighted by Crippen LogP contribution is -2.37. The third kappa shape index (κ3) is 4.57. The van der Waals surface area contributed by atoms with E-state index in [0.717, 1.165) is 29.7 Å². The standard InChI is InChI=1S/C15H22N2O3/c1-4-11-7-6-8-12(5-2)14(11)17-15(20)16-10(3)9-13(18)19/h6-8,10H,4-5,9H2,1-3H3,(H,18,19)(H2,16,17,20). The van der Waals surface area contributed by atoms with E-state index in [1.807, 2.05) is 32.0 Å². The number of para-hydroxylation sites is 1. The minimum absolute atomic E-state index is 0.0938. The molecule has 0 aliphatic carbocycles. The minimum atomic E-state index is -0.930. The SMILES string of the molecule is CCc1cccc(CC)c1NC(=O)NC(C)CC(=O)O. The third-order valence-electron chi connectivity index (χ3n) is 3.10. The zero-order valence-electron chi connectivity index (χ0n) is 12.2. The maximum Gasteiger partial charge on any atom is 0.319 e. The predicted molar refractivity (Wildman–Crippen MR) is 79.1 cm³/mol. The molecule has 0 fully saturated rings. The second kappa shape index (κ2) is 7.53. The van der Waals surface area contributed by atoms with Crippen LogP contribution in [0.15, 0.2) is 18.2 Å². The highest BCUT2D eigenvalue weighted by Gasteiger charge is 2.13. The highest BCUT2D eigenvalue weighted by molar-refractivity contribution is 5.91. The van der Waals surface area contributed by atoms with E-state index < -0.39 is 12.0 Å². The molecule has 0 aliphatic heterocycles. The summed E-state index contributed by atoms with van der Waals surface area (Å²) >= 11 is 0. The Balaban J connectivity index is 2.77. The lowest BCUT2D eigenvalue weighted by atomic mass is 10.0. The molecule has 0 aliphatic rings. The second-order valence-electron chi connectivity index (χ2n) is 4.76. The summed E-state index contributed by atoms with van der Waals surface area (Å²) in [6.07, 6.45) is 1.56. The molecule has 1 aromatic rings. The first-order valence-electron chi connectivity index (χ1n) is 6.88. The van der Waals surface area contributed by atoms with Gasteiger partial charge in [-0.3, -0.25) is 4.79 Å². The highest BCUT2D eigenvalue weighted by Crippen LogP contribution is 2.22. The van der Waals surface area contributed by atoms with Gasteiger partial charge in [-0.2, -0.15) is 0 Å². The maximum atomic E-state index is 11.9. The zero-order chi connectivity index (χ0) is 15.1. The number of hydrogen-bond acceptors (Lipinski definition) is 2. The molecule has 1 unspecified atom stereocenters. The Labute approximate surface area is 119 Å². The fourth-order valence-corrected chi connectivity index (χ4v) is 2.09. The van der Waals surface area contributed by atoms with Crippen LogP contribution in [0.4, 0.5) is 10.5 Å². The van der Waals surface area contributed by atoms with Gasteiger partial charge in [0.25, 0.3) is 0 Å². The quantitative estimate of drug-likeness (QED) is 0.748. The minimum Gasteiger partial charge on any atom is -0.481 e. The number of aryl methyl sites for hydroxylation is 2. The molecule has 1 aromatic carbocycles. The Morgan fingerprint density at radius 1 is 1.20 bits per heavy atom. The summed E-state index contributed by atoms with van der Waals surface area (Å²) in [5.74, 6) is -0.930. The van der Waals surface area contributed by atoms with E-state index in [-0.39, 0.29) is 12.5 Å². The first-order valence-corrected chi connectivity index (χ1v) is 6.88. The molecule has 0 aromatic heterocycles. The van der Waals surface area contributed by atoms with E-state index in [2.05, 4.69) is 10.6 Å². The van der Waals surface area contributed by atoms with Crippen LogP contribution in [0, 0.1) is 0 Å². The molecule has 20 heavy (non-hydrogen) atoms. The molecule has 3 N–H and O–H groups in total. The Morgan fingerprint density at radius 3 is 2.20 bits per heavy atom. The van der Waals surface area contributed by atoms with Crippen molar-refractivity contribution in [1.82, 2.24) is 5.32 Å². The van der Waals surface area contributed by atoms with Crippen molar-refractivity contribution < 1.29 is 14.7 Å². The van der Waals surface area contributed by atoms with Gasteiger partial charge in [0.2, 0.25) is 0 Å². The normalized spacial score (nSPS) is 11.8. The molecule has 5 nitrogen and oxygen atoms in total. The number of carboxylic acid groups (broad SMARTS) is 1. The van der Waals surface area contributed by atoms with Gasteiger partial charge >= 0.3 is 12.0 Å². The number of nitrogens with one attached hydrogen (secondary N) is 2. The highest BCUT2D eigenvalue weighted by atomic mass is 16.4. The summed E-state index contributed by atoms with van der Waals surface area (Å²) in [5, 5.41) is 14.2. The molecule has 1 atom stereocenters. The monoisotopic (exact) mass is 278 g/mol. The van der Waals surface area contributed by atoms with Crippen LogP contribution in [0.1, 0.15) is 38.3 Å². The van der Waals surface area contributed by atoms with Gasteiger partial charge in [-0.25, -0.2) is 4.79 Å². The van der Waals surface area contributed by atoms with Crippen LogP contribution in [-0.2, 0) is 17.6 Å². The van der Waals surface area contributed by atoms with Crippen molar-refractivity contribution in [2.75, 3.05) is 5.32 Å². The van der Waals surface area contributed by atoms with E-state index in [1.165, 1.54) is 0 Å². The van der Waals surface area contributed by atoms with Gasteiger partial charge in [-0.05, 0) is 30.9 Å². The molecule has 2 amide bonds. The average molecular weight is 278 g/mol. The summed E-state index contributed by atoms with van der Waals surface area (Å²) < 4.78 is 0. The topological polar surface area (TPSA) is 78.4 Å². The number of carboxylic acids is 1. The molecule has 0 heterocycles. The Bertz CT molecular complexity index is 464. The number of hydrogen-bond donors (Lipinski definition) is 3. The first-order chi connectivity index (χ1) is 9.47. The Kier molecular flexibility index (Phi) is 6.03. The van der Waals surface area contributed by atoms with Gasteiger partial charge in [-0.15, -0.1) is 0 Å². The predicted octanol–water partition coefficient (Wildman–Crippen LogP) is 2.80. The van der Waals surface area contributed by atoms with E-state index in [9.17, 15) is 9.59 Å². The number of aliphatic carboxylic acids is 1. The Morgan fingerprint density at radius 2 is 1.75 bits per heavy atom. The Hall–Kier alpha value is -2.04. The molecule has 0 saturated carbocycles. The number of anilines is 1. The molecule has 0 spiro atoms. The molecule has 0 radical (unpaired) electrons. The van der Waals surface area contributed by atoms with Gasteiger partial charge in [-0.1, -0.05) is 32.0 Å². The third-order valence-corrected chi connectivity index (χ3v) is 3.10. The van der Waals surface area contributed by atoms with Crippen molar-refractivity contribution in [2.24, 2.45) is 0 Å². The van der Waals surface area contributed by atoms with Crippen LogP contribution in [0.25, 0.3) is 0 Å². The summed E-state index contributed by atoms with van der Waals surface area (Å²) in [5.41, 5.74) is 2.98. The van der Waals surface area contributed by atoms with Crippen LogP contribution in [0.3, 0.4) is 0 Å². The van der Waals surface area contributed by atoms with Crippen molar-refractivity contribution >= 4 is 17.7 Å². The molecule has 5 heteroatoms. The van der Waals surface area contributed by atoms with E-state index in [4.69, 9.17) is 5.11 Å². The molecular formula is C15H22N2O3. The number of carbonyl (C=O) groups excluding carboxylic acids is 1. The molecular weight excluding hydrogens is 256 g/mol. The number of rotatable bonds is 6. The largest absolute Gasteiger partial charge is 0.481 e. The lowest BCUT2D eigenvalue weighted by molar-refractivity contribution is -0.137. The number of benzene rings is 1. The summed E-state index contributed by atoms with van der Waals surface area (Å²) in [7, 11) is 0. The summed E-state index contributed by atoms with van der Waals surface area (Å²) in [6.45, 7) is 5.73. The number of amides is 2. The van der Waals surface area contributed by atoms with Gasteiger partial charge in [0.15, 0.2) is 0 Å². The van der Waals surface area contributed by atoms with Crippen molar-refractivity contribution in [1.29, 1.82) is 0 Å². The average Bonchev–Trinajstić information content (AvgIpc) is 2.37. The van der Waals surface area contributed by atoms with Crippen molar-refractivity contribution in [3.05, 3.63) is 29.3 Å². The van der Waals surface area contributed by atoms with Crippen LogP contribution >= 0.6 is 0 Å². The lowest BCUT2D eigenvalue weighted by Gasteiger charge is -2.17. The number of urea groups is 1. The first kappa shape index (κ1) is 16.0. The summed E-state index contributed by atoms with van der Waals surface area (Å²) in [6, 6.07) is 5.17. The second-order valence-corrected chi connectivity index (χ2v) is 4.76. The van der Waals surface area contributed by atoms with Crippen LogP contribution < -0.4 is 10.6 Å². The molecule has 110 valence electrons. The number of carbonyl (C=O) groups is 2. The van der Waals surface area contributed by atoms with Crippen LogP contribution in [0.2, 0.25) is 0 Å². The van der Waals surface area contributed by atoms with Crippen molar-refractivity contribution in [3.8, 4) is 0 Å². The van der Waals surface area contributed by atoms with E-state index in [1.54, 1.807) is 6.92 Å². The molecule has 0 saturated heterocycles. The van der Waals surface area contributed by atoms with Crippen molar-refractivity contribution in [3.63, 3.8) is 0 Å². The van der Waals surface area contributed by atoms with Crippen LogP contribution in [-0.4, -0.2) is 23.1 Å². The zero-order valence-corrected chi connectivity index (χ0v) is 12.2. The van der Waals surface area contributed by atoms with Gasteiger partial charge in [0, 0.05) is 11.7 Å². The van der Waals surface area contributed by atoms with Gasteiger partial charge < -0.3 is 15.7 Å². The molecule has 0 bridgehead atoms. The van der Waals surface area contributed by atoms with Gasteiger partial charge in [0.1, 0.15) is 0 Å². The van der Waals surface area contributed by atoms with Crippen molar-refractivity contribution in [2.45, 2.75) is 46.1 Å². The fraction of sp³-hybridized carbons (Fsp3) is 0.467.